The quantitative estimate of drug-likeness (QED) is 0.859. The van der Waals surface area contributed by atoms with E-state index in [9.17, 15) is 14.0 Å². The molecule has 1 fully saturated rings. The molecule has 2 aromatic rings. The van der Waals surface area contributed by atoms with E-state index >= 15 is 0 Å². The summed E-state index contributed by atoms with van der Waals surface area (Å²) in [5.74, 6) is -0.900. The third kappa shape index (κ3) is 3.21. The normalized spacial score (nSPS) is 15.7. The average molecular weight is 326 g/mol. The zero-order valence-corrected chi connectivity index (χ0v) is 13.2. The van der Waals surface area contributed by atoms with Crippen molar-refractivity contribution in [1.29, 1.82) is 0 Å². The molecule has 0 saturated carbocycles. The summed E-state index contributed by atoms with van der Waals surface area (Å²) >= 11 is 0. The molecule has 2 aromatic carbocycles. The van der Waals surface area contributed by atoms with Crippen molar-refractivity contribution in [2.75, 3.05) is 13.1 Å². The number of amides is 1. The number of carbonyl (C=O) groups excluding carboxylic acids is 2. The molecule has 124 valence electrons. The lowest BCUT2D eigenvalue weighted by Crippen LogP contribution is -2.68. The number of rotatable bonds is 5. The van der Waals surface area contributed by atoms with E-state index in [1.807, 2.05) is 30.3 Å². The maximum Gasteiger partial charge on any atom is 0.256 e. The Labute approximate surface area is 140 Å². The van der Waals surface area contributed by atoms with Crippen LogP contribution in [-0.2, 0) is 4.79 Å². The molecule has 0 radical (unpaired) electrons. The second-order valence-corrected chi connectivity index (χ2v) is 6.29. The van der Waals surface area contributed by atoms with Gasteiger partial charge < -0.3 is 15.4 Å². The summed E-state index contributed by atoms with van der Waals surface area (Å²) in [6, 6.07) is 14.1. The highest BCUT2D eigenvalue weighted by Crippen LogP contribution is 2.27. The molecule has 1 amide bonds. The van der Waals surface area contributed by atoms with Gasteiger partial charge in [-0.15, -0.1) is 0 Å². The molecule has 3 rings (SSSR count). The zero-order valence-electron chi connectivity index (χ0n) is 13.2. The fourth-order valence-electron chi connectivity index (χ4n) is 3.03. The maximum atomic E-state index is 14.4. The van der Waals surface area contributed by atoms with Crippen molar-refractivity contribution in [3.05, 3.63) is 59.9 Å². The SMILES string of the molecule is NC1(CCC=O)CN(C(=O)c2ccc(-c3ccccc3)cc2F)C1. The lowest BCUT2D eigenvalue weighted by Gasteiger charge is -2.47. The monoisotopic (exact) mass is 326 g/mol. The van der Waals surface area contributed by atoms with Gasteiger partial charge in [0.2, 0.25) is 0 Å². The Morgan fingerprint density at radius 1 is 1.17 bits per heavy atom. The molecule has 1 aliphatic rings. The van der Waals surface area contributed by atoms with Crippen LogP contribution < -0.4 is 5.73 Å². The average Bonchev–Trinajstić information content (AvgIpc) is 2.57. The zero-order chi connectivity index (χ0) is 17.2. The first-order chi connectivity index (χ1) is 11.5. The van der Waals surface area contributed by atoms with Crippen LogP contribution in [-0.4, -0.2) is 35.7 Å². The van der Waals surface area contributed by atoms with Gasteiger partial charge in [-0.05, 0) is 29.7 Å². The first kappa shape index (κ1) is 16.3. The van der Waals surface area contributed by atoms with Crippen LogP contribution in [0, 0.1) is 5.82 Å². The molecule has 0 spiro atoms. The number of nitrogens with zero attached hydrogens (tertiary/aromatic N) is 1. The minimum Gasteiger partial charge on any atom is -0.335 e. The maximum absolute atomic E-state index is 14.4. The van der Waals surface area contributed by atoms with Crippen LogP contribution in [0.3, 0.4) is 0 Å². The molecule has 1 aliphatic heterocycles. The molecule has 4 nitrogen and oxygen atoms in total. The van der Waals surface area contributed by atoms with Gasteiger partial charge in [0.15, 0.2) is 0 Å². The van der Waals surface area contributed by atoms with E-state index in [0.717, 1.165) is 17.4 Å². The first-order valence-electron chi connectivity index (χ1n) is 7.89. The largest absolute Gasteiger partial charge is 0.335 e. The molecule has 5 heteroatoms. The number of halogens is 1. The van der Waals surface area contributed by atoms with Crippen LogP contribution in [0.2, 0.25) is 0 Å². The van der Waals surface area contributed by atoms with Crippen molar-refractivity contribution in [2.45, 2.75) is 18.4 Å². The molecule has 2 N–H and O–H groups in total. The van der Waals surface area contributed by atoms with Gasteiger partial charge >= 0.3 is 0 Å². The van der Waals surface area contributed by atoms with Crippen LogP contribution in [0.4, 0.5) is 4.39 Å². The van der Waals surface area contributed by atoms with Crippen molar-refractivity contribution in [2.24, 2.45) is 5.73 Å². The van der Waals surface area contributed by atoms with E-state index in [4.69, 9.17) is 5.73 Å². The van der Waals surface area contributed by atoms with Crippen LogP contribution in [0.1, 0.15) is 23.2 Å². The first-order valence-corrected chi connectivity index (χ1v) is 7.89. The van der Waals surface area contributed by atoms with E-state index in [0.29, 0.717) is 25.9 Å². The number of carbonyl (C=O) groups is 2. The number of nitrogens with two attached hydrogens (primary N) is 1. The summed E-state index contributed by atoms with van der Waals surface area (Å²) < 4.78 is 14.4. The predicted octanol–water partition coefficient (Wildman–Crippen LogP) is 2.63. The Bertz CT molecular complexity index is 755. The van der Waals surface area contributed by atoms with Gasteiger partial charge in [0, 0.05) is 19.5 Å². The van der Waals surface area contributed by atoms with E-state index in [-0.39, 0.29) is 11.5 Å². The van der Waals surface area contributed by atoms with Crippen LogP contribution in [0.5, 0.6) is 0 Å². The van der Waals surface area contributed by atoms with Crippen molar-refractivity contribution >= 4 is 12.2 Å². The lowest BCUT2D eigenvalue weighted by atomic mass is 9.86. The fraction of sp³-hybridized carbons (Fsp3) is 0.263. The van der Waals surface area contributed by atoms with Crippen molar-refractivity contribution in [3.63, 3.8) is 0 Å². The standard InChI is InChI=1S/C19H19FN2O2/c20-17-11-15(14-5-2-1-3-6-14)7-8-16(17)18(24)22-12-19(21,13-22)9-4-10-23/h1-3,5-8,10-11H,4,9,12-13,21H2. The minimum absolute atomic E-state index is 0.0483. The van der Waals surface area contributed by atoms with Crippen molar-refractivity contribution in [3.8, 4) is 11.1 Å². The molecule has 1 heterocycles. The topological polar surface area (TPSA) is 63.4 Å². The van der Waals surface area contributed by atoms with Crippen LogP contribution in [0.15, 0.2) is 48.5 Å². The Kier molecular flexibility index (Phi) is 4.44. The fourth-order valence-corrected chi connectivity index (χ4v) is 3.03. The van der Waals surface area contributed by atoms with Gasteiger partial charge in [-0.25, -0.2) is 4.39 Å². The number of hydrogen-bond acceptors (Lipinski definition) is 3. The van der Waals surface area contributed by atoms with Gasteiger partial charge in [0.25, 0.3) is 5.91 Å². The number of hydrogen-bond donors (Lipinski definition) is 1. The van der Waals surface area contributed by atoms with E-state index in [1.54, 1.807) is 6.07 Å². The van der Waals surface area contributed by atoms with E-state index in [1.165, 1.54) is 17.0 Å². The summed E-state index contributed by atoms with van der Waals surface area (Å²) in [7, 11) is 0. The van der Waals surface area contributed by atoms with Gasteiger partial charge in [-0.2, -0.15) is 0 Å². The molecule has 0 aliphatic carbocycles. The summed E-state index contributed by atoms with van der Waals surface area (Å²) in [6.45, 7) is 0.694. The second-order valence-electron chi connectivity index (χ2n) is 6.29. The van der Waals surface area contributed by atoms with E-state index < -0.39 is 11.4 Å². The molecule has 1 saturated heterocycles. The Morgan fingerprint density at radius 3 is 2.50 bits per heavy atom. The lowest BCUT2D eigenvalue weighted by molar-refractivity contribution is -0.108. The summed E-state index contributed by atoms with van der Waals surface area (Å²) in [5.41, 5.74) is 7.23. The van der Waals surface area contributed by atoms with Gasteiger partial charge in [0.1, 0.15) is 12.1 Å². The molecule has 0 unspecified atom stereocenters. The van der Waals surface area contributed by atoms with Crippen LogP contribution >= 0.6 is 0 Å². The molecule has 0 bridgehead atoms. The van der Waals surface area contributed by atoms with E-state index in [2.05, 4.69) is 0 Å². The second kappa shape index (κ2) is 6.53. The molecular formula is C19H19FN2O2. The Morgan fingerprint density at radius 2 is 1.88 bits per heavy atom. The summed E-state index contributed by atoms with van der Waals surface area (Å²) in [5, 5.41) is 0. The smallest absolute Gasteiger partial charge is 0.256 e. The van der Waals surface area contributed by atoms with Crippen molar-refractivity contribution < 1.29 is 14.0 Å². The third-order valence-corrected chi connectivity index (χ3v) is 4.37. The van der Waals surface area contributed by atoms with Gasteiger partial charge in [-0.1, -0.05) is 36.4 Å². The Balaban J connectivity index is 1.72. The minimum atomic E-state index is -0.538. The molecule has 24 heavy (non-hydrogen) atoms. The number of benzene rings is 2. The summed E-state index contributed by atoms with van der Waals surface area (Å²) in [4.78, 5) is 24.4. The molecular weight excluding hydrogens is 307 g/mol. The highest BCUT2D eigenvalue weighted by atomic mass is 19.1. The molecule has 0 atom stereocenters. The summed E-state index contributed by atoms with van der Waals surface area (Å²) in [6.07, 6.45) is 1.73. The predicted molar refractivity (Wildman–Crippen MR) is 90.0 cm³/mol. The van der Waals surface area contributed by atoms with Crippen molar-refractivity contribution in [1.82, 2.24) is 4.90 Å². The van der Waals surface area contributed by atoms with Gasteiger partial charge in [-0.3, -0.25) is 4.79 Å². The van der Waals surface area contributed by atoms with Gasteiger partial charge in [0.05, 0.1) is 11.1 Å². The third-order valence-electron chi connectivity index (χ3n) is 4.37. The molecule has 0 aromatic heterocycles. The highest BCUT2D eigenvalue weighted by Gasteiger charge is 2.42. The van der Waals surface area contributed by atoms with Crippen LogP contribution in [0.25, 0.3) is 11.1 Å². The number of aldehydes is 1. The number of likely N-dealkylation sites (tertiary alicyclic amines) is 1. The highest BCUT2D eigenvalue weighted by molar-refractivity contribution is 5.95. The Hall–Kier alpha value is -2.53.